The average molecular weight is 485 g/mol. The lowest BCUT2D eigenvalue weighted by atomic mass is 9.86. The molecule has 5 rings (SSSR count). The maximum Gasteiger partial charge on any atom is 0.320 e. The Morgan fingerprint density at radius 2 is 1.88 bits per heavy atom. The summed E-state index contributed by atoms with van der Waals surface area (Å²) in [5, 5.41) is 15.4. The van der Waals surface area contributed by atoms with E-state index in [1.165, 1.54) is 11.1 Å². The van der Waals surface area contributed by atoms with Crippen LogP contribution in [0.15, 0.2) is 24.4 Å². The first-order valence-electron chi connectivity index (χ1n) is 11.8. The molecule has 3 aromatic rings. The lowest BCUT2D eigenvalue weighted by molar-refractivity contribution is 0.141. The van der Waals surface area contributed by atoms with Crippen molar-refractivity contribution >= 4 is 27.9 Å². The summed E-state index contributed by atoms with van der Waals surface area (Å²) in [7, 11) is 1.56. The van der Waals surface area contributed by atoms with Gasteiger partial charge in [0.2, 0.25) is 0 Å². The molecule has 9 nitrogen and oxygen atoms in total. The third kappa shape index (κ3) is 4.72. The first-order valence-corrected chi connectivity index (χ1v) is 13.5. The molecule has 34 heavy (non-hydrogen) atoms. The van der Waals surface area contributed by atoms with Crippen LogP contribution in [0.4, 0.5) is 5.82 Å². The minimum Gasteiger partial charge on any atom is -0.617 e. The molecule has 0 aliphatic carbocycles. The van der Waals surface area contributed by atoms with E-state index in [2.05, 4.69) is 39.0 Å². The minimum absolute atomic E-state index is 0.283. The highest BCUT2D eigenvalue weighted by atomic mass is 32.2. The highest BCUT2D eigenvalue weighted by molar-refractivity contribution is 7.90. The SMILES string of the molecule is COc1nc(N2CC(O)C2)cc(-n2ncc3cc(C)c(C4CCN(CC[S+](C)[O-])CC4)cc32)n1. The summed E-state index contributed by atoms with van der Waals surface area (Å²) in [6, 6.07) is 6.66. The molecule has 2 aromatic heterocycles. The molecular formula is C24H32N6O3S. The number of fused-ring (bicyclic) bond motifs is 1. The number of hydrogen-bond acceptors (Lipinski definition) is 8. The summed E-state index contributed by atoms with van der Waals surface area (Å²) < 4.78 is 18.7. The van der Waals surface area contributed by atoms with Crippen molar-refractivity contribution < 1.29 is 14.4 Å². The molecule has 1 atom stereocenters. The van der Waals surface area contributed by atoms with Crippen LogP contribution in [0.2, 0.25) is 0 Å². The van der Waals surface area contributed by atoms with Crippen LogP contribution in [0, 0.1) is 6.92 Å². The molecule has 0 amide bonds. The Labute approximate surface area is 202 Å². The maximum atomic E-state index is 11.4. The molecule has 182 valence electrons. The van der Waals surface area contributed by atoms with Gasteiger partial charge in [0.25, 0.3) is 0 Å². The number of hydrogen-bond donors (Lipinski definition) is 1. The van der Waals surface area contributed by atoms with Gasteiger partial charge in [-0.05, 0) is 62.0 Å². The zero-order valence-electron chi connectivity index (χ0n) is 20.0. The predicted octanol–water partition coefficient (Wildman–Crippen LogP) is 1.87. The summed E-state index contributed by atoms with van der Waals surface area (Å²) in [5.74, 6) is 2.61. The molecule has 0 radical (unpaired) electrons. The van der Waals surface area contributed by atoms with E-state index in [-0.39, 0.29) is 12.1 Å². The molecule has 2 saturated heterocycles. The quantitative estimate of drug-likeness (QED) is 0.507. The van der Waals surface area contributed by atoms with Crippen molar-refractivity contribution in [2.45, 2.75) is 31.8 Å². The zero-order chi connectivity index (χ0) is 23.8. The lowest BCUT2D eigenvalue weighted by Gasteiger charge is -2.36. The normalized spacial score (nSPS) is 18.9. The number of aryl methyl sites for hydroxylation is 1. The monoisotopic (exact) mass is 484 g/mol. The Morgan fingerprint density at radius 1 is 1.15 bits per heavy atom. The number of benzene rings is 1. The first kappa shape index (κ1) is 23.3. The fraction of sp³-hybridized carbons (Fsp3) is 0.542. The van der Waals surface area contributed by atoms with Gasteiger partial charge in [-0.1, -0.05) is 11.2 Å². The molecule has 2 aliphatic heterocycles. The van der Waals surface area contributed by atoms with Crippen LogP contribution in [-0.2, 0) is 11.2 Å². The van der Waals surface area contributed by atoms with Crippen LogP contribution in [0.25, 0.3) is 16.7 Å². The number of aliphatic hydroxyl groups is 1. The van der Waals surface area contributed by atoms with Gasteiger partial charge in [-0.25, -0.2) is 4.68 Å². The van der Waals surface area contributed by atoms with Gasteiger partial charge in [-0.15, -0.1) is 0 Å². The number of aliphatic hydroxyl groups excluding tert-OH is 1. The van der Waals surface area contributed by atoms with Gasteiger partial charge >= 0.3 is 6.01 Å². The highest BCUT2D eigenvalue weighted by Gasteiger charge is 2.27. The van der Waals surface area contributed by atoms with Crippen molar-refractivity contribution in [2.75, 3.05) is 56.7 Å². The van der Waals surface area contributed by atoms with Gasteiger partial charge in [0.1, 0.15) is 11.6 Å². The molecule has 0 spiro atoms. The van der Waals surface area contributed by atoms with Crippen LogP contribution in [-0.4, -0.2) is 92.3 Å². The molecule has 0 saturated carbocycles. The van der Waals surface area contributed by atoms with E-state index in [9.17, 15) is 9.66 Å². The molecule has 10 heteroatoms. The summed E-state index contributed by atoms with van der Waals surface area (Å²) in [6.07, 6.45) is 5.52. The second-order valence-corrected chi connectivity index (χ2v) is 10.9. The van der Waals surface area contributed by atoms with Crippen molar-refractivity contribution in [2.24, 2.45) is 0 Å². The van der Waals surface area contributed by atoms with Gasteiger partial charge in [0.05, 0.1) is 31.2 Å². The summed E-state index contributed by atoms with van der Waals surface area (Å²) in [4.78, 5) is 13.4. The average Bonchev–Trinajstić information content (AvgIpc) is 3.22. The Kier molecular flexibility index (Phi) is 6.65. The molecular weight excluding hydrogens is 452 g/mol. The van der Waals surface area contributed by atoms with Crippen LogP contribution in [0.5, 0.6) is 6.01 Å². The summed E-state index contributed by atoms with van der Waals surface area (Å²) >= 11 is -0.740. The largest absolute Gasteiger partial charge is 0.617 e. The van der Waals surface area contributed by atoms with E-state index in [4.69, 9.17) is 4.74 Å². The molecule has 4 heterocycles. The Morgan fingerprint density at radius 3 is 2.56 bits per heavy atom. The van der Waals surface area contributed by atoms with E-state index in [1.54, 1.807) is 13.4 Å². The number of anilines is 1. The topological polar surface area (TPSA) is 103 Å². The van der Waals surface area contributed by atoms with E-state index in [0.29, 0.717) is 24.8 Å². The standard InChI is InChI=1S/C24H32N6O3S/c1-16-10-18-13-25-30(23-12-22(26-24(27-23)33-2)29-14-19(31)15-29)21(18)11-20(16)17-4-6-28(7-5-17)8-9-34(3)32/h10-13,17,19,31H,4-9,14-15H2,1-3H3. The van der Waals surface area contributed by atoms with Crippen molar-refractivity contribution in [1.82, 2.24) is 24.6 Å². The molecule has 0 bridgehead atoms. The van der Waals surface area contributed by atoms with Crippen LogP contribution in [0.1, 0.15) is 29.9 Å². The molecule has 2 fully saturated rings. The molecule has 1 unspecified atom stereocenters. The molecule has 1 aromatic carbocycles. The Bertz CT molecular complexity index is 1160. The third-order valence-corrected chi connectivity index (χ3v) is 7.70. The van der Waals surface area contributed by atoms with Crippen molar-refractivity contribution in [3.05, 3.63) is 35.5 Å². The number of β-amino-alcohol motifs (C(OH)–C–C–N with tert-alkyl or cyclic N) is 1. The second-order valence-electron chi connectivity index (χ2n) is 9.35. The van der Waals surface area contributed by atoms with Gasteiger partial charge in [0, 0.05) is 31.1 Å². The zero-order valence-corrected chi connectivity index (χ0v) is 20.8. The number of aromatic nitrogens is 4. The summed E-state index contributed by atoms with van der Waals surface area (Å²) in [6.45, 7) is 6.26. The summed E-state index contributed by atoms with van der Waals surface area (Å²) in [5.41, 5.74) is 3.66. The van der Waals surface area contributed by atoms with Crippen LogP contribution < -0.4 is 9.64 Å². The Balaban J connectivity index is 1.43. The first-order chi connectivity index (χ1) is 16.4. The second kappa shape index (κ2) is 9.69. The number of methoxy groups -OCH3 is 1. The molecule has 2 aliphatic rings. The number of ether oxygens (including phenoxy) is 1. The van der Waals surface area contributed by atoms with Gasteiger partial charge in [-0.3, -0.25) is 4.90 Å². The number of piperidine rings is 1. The van der Waals surface area contributed by atoms with Gasteiger partial charge < -0.3 is 19.3 Å². The highest BCUT2D eigenvalue weighted by Crippen LogP contribution is 2.34. The van der Waals surface area contributed by atoms with Crippen molar-refractivity contribution in [3.63, 3.8) is 0 Å². The van der Waals surface area contributed by atoms with E-state index < -0.39 is 11.2 Å². The number of rotatable bonds is 7. The van der Waals surface area contributed by atoms with Crippen LogP contribution in [0.3, 0.4) is 0 Å². The number of nitrogens with zero attached hydrogens (tertiary/aromatic N) is 6. The van der Waals surface area contributed by atoms with E-state index >= 15 is 0 Å². The van der Waals surface area contributed by atoms with E-state index in [0.717, 1.165) is 54.9 Å². The minimum atomic E-state index is -0.740. The number of likely N-dealkylation sites (tertiary alicyclic amines) is 1. The predicted molar refractivity (Wildman–Crippen MR) is 134 cm³/mol. The lowest BCUT2D eigenvalue weighted by Crippen LogP contribution is -2.51. The smallest absolute Gasteiger partial charge is 0.320 e. The van der Waals surface area contributed by atoms with Gasteiger partial charge in [0.15, 0.2) is 5.82 Å². The van der Waals surface area contributed by atoms with E-state index in [1.807, 2.05) is 21.8 Å². The van der Waals surface area contributed by atoms with Gasteiger partial charge in [-0.2, -0.15) is 15.1 Å². The van der Waals surface area contributed by atoms with Crippen LogP contribution >= 0.6 is 0 Å². The Hall–Kier alpha value is -2.40. The third-order valence-electron chi connectivity index (χ3n) is 6.94. The van der Waals surface area contributed by atoms with Crippen molar-refractivity contribution in [1.29, 1.82) is 0 Å². The fourth-order valence-electron chi connectivity index (χ4n) is 4.96. The fourth-order valence-corrected chi connectivity index (χ4v) is 5.47. The van der Waals surface area contributed by atoms with Crippen molar-refractivity contribution in [3.8, 4) is 11.8 Å². The maximum absolute atomic E-state index is 11.4. The molecule has 1 N–H and O–H groups in total.